The van der Waals surface area contributed by atoms with Crippen LogP contribution in [0.15, 0.2) is 146 Å². The molecule has 4 heteroatoms. The van der Waals surface area contributed by atoms with Crippen molar-refractivity contribution >= 4 is 16.4 Å². The van der Waals surface area contributed by atoms with Crippen LogP contribution in [0.1, 0.15) is 52.7 Å². The Morgan fingerprint density at radius 1 is 0.500 bits per heavy atom. The van der Waals surface area contributed by atoms with Gasteiger partial charge in [-0.25, -0.2) is 9.97 Å². The average Bonchev–Trinajstić information content (AvgIpc) is 3.54. The molecule has 8 rings (SSSR count). The normalized spacial score (nSPS) is 12.1. The summed E-state index contributed by atoms with van der Waals surface area (Å²) in [6.45, 7) is 13.6. The second kappa shape index (κ2) is 12.6. The molecule has 0 atom stereocenters. The first-order chi connectivity index (χ1) is 24.9. The van der Waals surface area contributed by atoms with Crippen molar-refractivity contribution in [3.8, 4) is 61.9 Å². The Morgan fingerprint density at radius 2 is 1.12 bits per heavy atom. The first-order valence-electron chi connectivity index (χ1n) is 18.0. The summed E-state index contributed by atoms with van der Waals surface area (Å²) in [6, 6.07) is 48.4. The largest absolute Gasteiger partial charge is 0.507 e. The highest BCUT2D eigenvalue weighted by Gasteiger charge is 2.23. The zero-order chi connectivity index (χ0) is 36.2. The standard InChI is InChI=1S/C48H43N3O/c1-47(2,3)36-25-33(26-37(30-36)48(4,5)6)34-28-41(39-20-12-13-21-43(39)52)49-42(29-34)40-27-35(24-32-18-10-11-19-38(32)40)45-46(31-16-8-7-9-17-31)51-23-15-14-22-44(51)50-45/h7-30,52H,1-6H3. The molecule has 0 spiro atoms. The van der Waals surface area contributed by atoms with Gasteiger partial charge in [0.15, 0.2) is 0 Å². The molecule has 52 heavy (non-hydrogen) atoms. The van der Waals surface area contributed by atoms with Crippen LogP contribution in [-0.4, -0.2) is 19.5 Å². The lowest BCUT2D eigenvalue weighted by molar-refractivity contribution is 0.477. The molecule has 5 aromatic carbocycles. The van der Waals surface area contributed by atoms with Gasteiger partial charge in [-0.15, -0.1) is 0 Å². The van der Waals surface area contributed by atoms with Gasteiger partial charge in [-0.1, -0.05) is 133 Å². The van der Waals surface area contributed by atoms with Gasteiger partial charge in [0.25, 0.3) is 0 Å². The first kappa shape index (κ1) is 33.2. The molecular weight excluding hydrogens is 635 g/mol. The van der Waals surface area contributed by atoms with E-state index in [9.17, 15) is 5.11 Å². The van der Waals surface area contributed by atoms with Crippen molar-refractivity contribution in [1.29, 1.82) is 0 Å². The number of phenols is 1. The molecule has 3 aromatic heterocycles. The fourth-order valence-electron chi connectivity index (χ4n) is 7.05. The number of pyridine rings is 2. The van der Waals surface area contributed by atoms with Crippen LogP contribution < -0.4 is 0 Å². The fourth-order valence-corrected chi connectivity index (χ4v) is 7.05. The van der Waals surface area contributed by atoms with E-state index >= 15 is 0 Å². The zero-order valence-corrected chi connectivity index (χ0v) is 30.6. The third-order valence-electron chi connectivity index (χ3n) is 9.99. The van der Waals surface area contributed by atoms with Crippen LogP contribution >= 0.6 is 0 Å². The van der Waals surface area contributed by atoms with Crippen molar-refractivity contribution in [2.45, 2.75) is 52.4 Å². The Balaban J connectivity index is 1.42. The summed E-state index contributed by atoms with van der Waals surface area (Å²) in [4.78, 5) is 10.5. The summed E-state index contributed by atoms with van der Waals surface area (Å²) in [5.41, 5.74) is 12.9. The molecule has 0 aliphatic carbocycles. The Kier molecular flexibility index (Phi) is 8.06. The molecule has 0 saturated carbocycles. The number of fused-ring (bicyclic) bond motifs is 2. The van der Waals surface area contributed by atoms with E-state index in [0.717, 1.165) is 67.0 Å². The number of aromatic hydroxyl groups is 1. The smallest absolute Gasteiger partial charge is 0.137 e. The molecule has 0 unspecified atom stereocenters. The molecule has 0 aliphatic heterocycles. The lowest BCUT2D eigenvalue weighted by atomic mass is 9.79. The van der Waals surface area contributed by atoms with Crippen LogP contribution in [0.2, 0.25) is 0 Å². The SMILES string of the molecule is CC(C)(C)c1cc(-c2cc(-c3ccccc3O)nc(-c3cc(-c4nc5ccccn5c4-c4ccccc4)cc4ccccc34)c2)cc(C(C)(C)C)c1. The molecule has 256 valence electrons. The van der Waals surface area contributed by atoms with Crippen molar-refractivity contribution in [1.82, 2.24) is 14.4 Å². The first-order valence-corrected chi connectivity index (χ1v) is 18.0. The average molecular weight is 678 g/mol. The van der Waals surface area contributed by atoms with Gasteiger partial charge in [0.1, 0.15) is 11.4 Å². The van der Waals surface area contributed by atoms with Crippen molar-refractivity contribution in [2.24, 2.45) is 0 Å². The minimum atomic E-state index is -0.0402. The number of para-hydroxylation sites is 1. The van der Waals surface area contributed by atoms with Crippen LogP contribution in [0.25, 0.3) is 72.6 Å². The van der Waals surface area contributed by atoms with Crippen molar-refractivity contribution in [3.63, 3.8) is 0 Å². The second-order valence-electron chi connectivity index (χ2n) is 15.8. The van der Waals surface area contributed by atoms with Crippen molar-refractivity contribution < 1.29 is 5.11 Å². The van der Waals surface area contributed by atoms with E-state index < -0.39 is 0 Å². The maximum atomic E-state index is 11.1. The quantitative estimate of drug-likeness (QED) is 0.197. The predicted molar refractivity (Wildman–Crippen MR) is 217 cm³/mol. The number of hydrogen-bond donors (Lipinski definition) is 1. The topological polar surface area (TPSA) is 50.4 Å². The van der Waals surface area contributed by atoms with E-state index in [1.54, 1.807) is 6.07 Å². The van der Waals surface area contributed by atoms with Gasteiger partial charge in [-0.05, 0) is 92.4 Å². The second-order valence-corrected chi connectivity index (χ2v) is 15.8. The summed E-state index contributed by atoms with van der Waals surface area (Å²) >= 11 is 0. The molecule has 1 N–H and O–H groups in total. The molecule has 8 aromatic rings. The molecule has 0 fully saturated rings. The number of imidazole rings is 1. The summed E-state index contributed by atoms with van der Waals surface area (Å²) < 4.78 is 2.17. The highest BCUT2D eigenvalue weighted by molar-refractivity contribution is 6.01. The van der Waals surface area contributed by atoms with Gasteiger partial charge < -0.3 is 5.11 Å². The maximum Gasteiger partial charge on any atom is 0.137 e. The third kappa shape index (κ3) is 6.15. The molecule has 3 heterocycles. The lowest BCUT2D eigenvalue weighted by Gasteiger charge is -2.26. The Morgan fingerprint density at radius 3 is 1.83 bits per heavy atom. The van der Waals surface area contributed by atoms with Crippen LogP contribution in [0, 0.1) is 0 Å². The zero-order valence-electron chi connectivity index (χ0n) is 30.6. The third-order valence-corrected chi connectivity index (χ3v) is 9.99. The molecule has 0 amide bonds. The van der Waals surface area contributed by atoms with Gasteiger partial charge in [-0.3, -0.25) is 4.40 Å². The van der Waals surface area contributed by atoms with E-state index in [0.29, 0.717) is 5.56 Å². The van der Waals surface area contributed by atoms with Gasteiger partial charge in [0.2, 0.25) is 0 Å². The molecular formula is C48H43N3O. The lowest BCUT2D eigenvalue weighted by Crippen LogP contribution is -2.16. The van der Waals surface area contributed by atoms with Gasteiger partial charge in [0, 0.05) is 28.5 Å². The van der Waals surface area contributed by atoms with Gasteiger partial charge in [-0.2, -0.15) is 0 Å². The van der Waals surface area contributed by atoms with Crippen LogP contribution in [0.4, 0.5) is 0 Å². The fraction of sp³-hybridized carbons (Fsp3) is 0.167. The Hall–Kier alpha value is -6.00. The molecule has 0 saturated heterocycles. The molecule has 0 bridgehead atoms. The highest BCUT2D eigenvalue weighted by Crippen LogP contribution is 2.42. The van der Waals surface area contributed by atoms with Crippen LogP contribution in [0.5, 0.6) is 5.75 Å². The number of nitrogens with zero attached hydrogens (tertiary/aromatic N) is 3. The van der Waals surface area contributed by atoms with Gasteiger partial charge >= 0.3 is 0 Å². The van der Waals surface area contributed by atoms with Crippen molar-refractivity contribution in [3.05, 3.63) is 157 Å². The Bertz CT molecular complexity index is 2570. The molecule has 4 nitrogen and oxygen atoms in total. The number of phenolic OH excluding ortho intramolecular Hbond substituents is 1. The summed E-state index contributed by atoms with van der Waals surface area (Å²) in [7, 11) is 0. The van der Waals surface area contributed by atoms with E-state index in [1.165, 1.54) is 11.1 Å². The minimum Gasteiger partial charge on any atom is -0.507 e. The minimum absolute atomic E-state index is 0.0402. The van der Waals surface area contributed by atoms with E-state index in [4.69, 9.17) is 9.97 Å². The number of benzene rings is 5. The maximum absolute atomic E-state index is 11.1. The summed E-state index contributed by atoms with van der Waals surface area (Å²) in [6.07, 6.45) is 2.08. The van der Waals surface area contributed by atoms with Crippen LogP contribution in [0.3, 0.4) is 0 Å². The van der Waals surface area contributed by atoms with E-state index in [1.807, 2.05) is 36.4 Å². The van der Waals surface area contributed by atoms with Gasteiger partial charge in [0.05, 0.1) is 22.8 Å². The number of hydrogen-bond acceptors (Lipinski definition) is 3. The monoisotopic (exact) mass is 677 g/mol. The summed E-state index contributed by atoms with van der Waals surface area (Å²) in [5, 5.41) is 13.3. The van der Waals surface area contributed by atoms with E-state index in [2.05, 4.69) is 149 Å². The number of rotatable bonds is 5. The molecule has 0 aliphatic rings. The predicted octanol–water partition coefficient (Wildman–Crippen LogP) is 12.5. The van der Waals surface area contributed by atoms with Crippen LogP contribution in [-0.2, 0) is 10.8 Å². The number of aromatic nitrogens is 3. The van der Waals surface area contributed by atoms with Crippen molar-refractivity contribution in [2.75, 3.05) is 0 Å². The highest BCUT2D eigenvalue weighted by atomic mass is 16.3. The Labute approximate surface area is 306 Å². The summed E-state index contributed by atoms with van der Waals surface area (Å²) in [5.74, 6) is 0.202. The molecule has 0 radical (unpaired) electrons. The van der Waals surface area contributed by atoms with E-state index in [-0.39, 0.29) is 16.6 Å².